The summed E-state index contributed by atoms with van der Waals surface area (Å²) in [4.78, 5) is 10.5. The van der Waals surface area contributed by atoms with E-state index >= 15 is 0 Å². The van der Waals surface area contributed by atoms with Crippen molar-refractivity contribution in [2.75, 3.05) is 6.61 Å². The fourth-order valence-electron chi connectivity index (χ4n) is 2.92. The molecule has 0 aliphatic carbocycles. The van der Waals surface area contributed by atoms with Crippen molar-refractivity contribution in [2.45, 2.75) is 13.5 Å². The average Bonchev–Trinajstić information content (AvgIpc) is 2.77. The summed E-state index contributed by atoms with van der Waals surface area (Å²) >= 11 is 0. The number of ether oxygens (including phenoxy) is 2. The number of hydrogen-bond acceptors (Lipinski definition) is 5. The van der Waals surface area contributed by atoms with Crippen LogP contribution in [-0.2, 0) is 6.61 Å². The quantitative estimate of drug-likeness (QED) is 0.200. The Kier molecular flexibility index (Phi) is 6.97. The Balaban J connectivity index is 1.87. The van der Waals surface area contributed by atoms with E-state index in [2.05, 4.69) is 6.07 Å². The van der Waals surface area contributed by atoms with E-state index in [1.54, 1.807) is 42.5 Å². The molecule has 0 radical (unpaired) electrons. The predicted octanol–water partition coefficient (Wildman–Crippen LogP) is 5.78. The maximum atomic E-state index is 13.4. The average molecular weight is 418 g/mol. The number of nitrogens with zero attached hydrogens (tertiary/aromatic N) is 2. The van der Waals surface area contributed by atoms with Gasteiger partial charge in [-0.3, -0.25) is 10.1 Å². The van der Waals surface area contributed by atoms with Crippen LogP contribution in [0.3, 0.4) is 0 Å². The van der Waals surface area contributed by atoms with Gasteiger partial charge < -0.3 is 9.47 Å². The van der Waals surface area contributed by atoms with Crippen molar-refractivity contribution in [3.63, 3.8) is 0 Å². The lowest BCUT2D eigenvalue weighted by molar-refractivity contribution is -0.384. The van der Waals surface area contributed by atoms with E-state index in [1.807, 2.05) is 6.92 Å². The van der Waals surface area contributed by atoms with Crippen LogP contribution < -0.4 is 9.47 Å². The Morgan fingerprint density at radius 2 is 1.90 bits per heavy atom. The lowest BCUT2D eigenvalue weighted by Crippen LogP contribution is -2.00. The summed E-state index contributed by atoms with van der Waals surface area (Å²) in [6.45, 7) is 2.41. The Morgan fingerprint density at radius 1 is 1.10 bits per heavy atom. The minimum Gasteiger partial charge on any atom is -0.490 e. The van der Waals surface area contributed by atoms with E-state index in [9.17, 15) is 19.8 Å². The predicted molar refractivity (Wildman–Crippen MR) is 115 cm³/mol. The summed E-state index contributed by atoms with van der Waals surface area (Å²) in [5.41, 5.74) is 1.99. The van der Waals surface area contributed by atoms with Gasteiger partial charge in [0.15, 0.2) is 11.5 Å². The van der Waals surface area contributed by atoms with Gasteiger partial charge in [-0.05, 0) is 54.0 Å². The van der Waals surface area contributed by atoms with Crippen molar-refractivity contribution in [3.8, 4) is 17.6 Å². The van der Waals surface area contributed by atoms with Gasteiger partial charge in [-0.25, -0.2) is 4.39 Å². The molecule has 0 unspecified atom stereocenters. The van der Waals surface area contributed by atoms with Gasteiger partial charge in [0, 0.05) is 12.1 Å². The van der Waals surface area contributed by atoms with Gasteiger partial charge >= 0.3 is 0 Å². The van der Waals surface area contributed by atoms with Crippen molar-refractivity contribution in [1.82, 2.24) is 0 Å². The van der Waals surface area contributed by atoms with Gasteiger partial charge in [-0.1, -0.05) is 30.3 Å². The number of non-ortho nitro benzene ring substituents is 1. The first-order chi connectivity index (χ1) is 15.0. The molecule has 0 bridgehead atoms. The van der Waals surface area contributed by atoms with E-state index in [0.717, 1.165) is 0 Å². The maximum absolute atomic E-state index is 13.4. The van der Waals surface area contributed by atoms with Crippen LogP contribution in [-0.4, -0.2) is 11.5 Å². The molecule has 0 heterocycles. The first-order valence-corrected chi connectivity index (χ1v) is 9.51. The van der Waals surface area contributed by atoms with E-state index < -0.39 is 4.92 Å². The minimum absolute atomic E-state index is 0.0882. The summed E-state index contributed by atoms with van der Waals surface area (Å²) in [7, 11) is 0. The van der Waals surface area contributed by atoms with E-state index in [1.165, 1.54) is 30.3 Å². The van der Waals surface area contributed by atoms with Crippen LogP contribution in [0.1, 0.15) is 23.6 Å². The van der Waals surface area contributed by atoms with Crippen LogP contribution in [0.4, 0.5) is 10.1 Å². The summed E-state index contributed by atoms with van der Waals surface area (Å²) in [6, 6.07) is 19.3. The van der Waals surface area contributed by atoms with Gasteiger partial charge in [-0.2, -0.15) is 5.26 Å². The van der Waals surface area contributed by atoms with E-state index in [4.69, 9.17) is 9.47 Å². The Labute approximate surface area is 178 Å². The Bertz CT molecular complexity index is 1170. The topological polar surface area (TPSA) is 85.4 Å². The number of nitro groups is 1. The molecule has 0 spiro atoms. The number of rotatable bonds is 8. The third-order valence-corrected chi connectivity index (χ3v) is 4.35. The minimum atomic E-state index is -0.504. The molecule has 156 valence electrons. The van der Waals surface area contributed by atoms with Crippen molar-refractivity contribution in [2.24, 2.45) is 0 Å². The third kappa shape index (κ3) is 5.67. The van der Waals surface area contributed by atoms with Crippen LogP contribution >= 0.6 is 0 Å². The first kappa shape index (κ1) is 21.5. The number of halogens is 1. The van der Waals surface area contributed by atoms with Gasteiger partial charge in [0.2, 0.25) is 0 Å². The summed E-state index contributed by atoms with van der Waals surface area (Å²) in [5, 5.41) is 20.6. The Morgan fingerprint density at radius 3 is 2.61 bits per heavy atom. The van der Waals surface area contributed by atoms with Crippen LogP contribution in [0.25, 0.3) is 11.6 Å². The molecule has 31 heavy (non-hydrogen) atoms. The van der Waals surface area contributed by atoms with Gasteiger partial charge in [-0.15, -0.1) is 0 Å². The smallest absolute Gasteiger partial charge is 0.270 e. The highest BCUT2D eigenvalue weighted by Gasteiger charge is 2.11. The molecule has 0 fully saturated rings. The highest BCUT2D eigenvalue weighted by Crippen LogP contribution is 2.31. The Hall–Kier alpha value is -4.18. The zero-order chi connectivity index (χ0) is 22.2. The normalized spacial score (nSPS) is 10.9. The largest absolute Gasteiger partial charge is 0.490 e. The molecule has 0 atom stereocenters. The second-order valence-electron chi connectivity index (χ2n) is 6.54. The van der Waals surface area contributed by atoms with Gasteiger partial charge in [0.1, 0.15) is 12.4 Å². The molecule has 0 aliphatic heterocycles. The second kappa shape index (κ2) is 10.0. The number of benzene rings is 3. The van der Waals surface area contributed by atoms with Crippen molar-refractivity contribution >= 4 is 17.3 Å². The fourth-order valence-corrected chi connectivity index (χ4v) is 2.92. The molecule has 0 saturated heterocycles. The highest BCUT2D eigenvalue weighted by molar-refractivity contribution is 5.90. The molecule has 0 aromatic heterocycles. The summed E-state index contributed by atoms with van der Waals surface area (Å²) in [6.07, 6.45) is 1.62. The van der Waals surface area contributed by atoms with Crippen LogP contribution in [0.2, 0.25) is 0 Å². The number of nitro benzene ring substituents is 1. The number of nitriles is 1. The molecule has 3 aromatic carbocycles. The van der Waals surface area contributed by atoms with Crippen molar-refractivity contribution < 1.29 is 18.8 Å². The SMILES string of the molecule is CCOc1cc(/C=C(/C#N)c2cccc([N+](=O)[O-])c2)ccc1OCc1cccc(F)c1. The molecular weight excluding hydrogens is 399 g/mol. The molecule has 3 aromatic rings. The highest BCUT2D eigenvalue weighted by atomic mass is 19.1. The molecule has 0 aliphatic rings. The van der Waals surface area contributed by atoms with Gasteiger partial charge in [0.25, 0.3) is 5.69 Å². The molecule has 6 nitrogen and oxygen atoms in total. The van der Waals surface area contributed by atoms with Crippen LogP contribution in [0.15, 0.2) is 66.7 Å². The van der Waals surface area contributed by atoms with E-state index in [0.29, 0.717) is 34.8 Å². The lowest BCUT2D eigenvalue weighted by Gasteiger charge is -2.13. The zero-order valence-corrected chi connectivity index (χ0v) is 16.7. The molecule has 0 N–H and O–H groups in total. The molecule has 0 amide bonds. The zero-order valence-electron chi connectivity index (χ0n) is 16.7. The van der Waals surface area contributed by atoms with E-state index in [-0.39, 0.29) is 23.7 Å². The number of allylic oxidation sites excluding steroid dienone is 1. The molecule has 3 rings (SSSR count). The standard InChI is InChI=1S/C24H19FN2O4/c1-2-30-24-13-17(9-10-23(24)31-16-18-5-3-7-21(25)12-18)11-20(15-26)19-6-4-8-22(14-19)27(28)29/h3-14H,2,16H2,1H3/b20-11-. The third-order valence-electron chi connectivity index (χ3n) is 4.35. The fraction of sp³-hybridized carbons (Fsp3) is 0.125. The monoisotopic (exact) mass is 418 g/mol. The van der Waals surface area contributed by atoms with Crippen LogP contribution in [0.5, 0.6) is 11.5 Å². The lowest BCUT2D eigenvalue weighted by atomic mass is 10.0. The first-order valence-electron chi connectivity index (χ1n) is 9.51. The molecular formula is C24H19FN2O4. The number of hydrogen-bond donors (Lipinski definition) is 0. The maximum Gasteiger partial charge on any atom is 0.270 e. The van der Waals surface area contributed by atoms with Crippen molar-refractivity contribution in [1.29, 1.82) is 5.26 Å². The van der Waals surface area contributed by atoms with Crippen molar-refractivity contribution in [3.05, 3.63) is 99.4 Å². The summed E-state index contributed by atoms with van der Waals surface area (Å²) in [5.74, 6) is 0.623. The second-order valence-corrected chi connectivity index (χ2v) is 6.54. The molecule has 0 saturated carbocycles. The summed E-state index contributed by atoms with van der Waals surface area (Å²) < 4.78 is 24.8. The molecule has 7 heteroatoms. The van der Waals surface area contributed by atoms with Crippen LogP contribution in [0, 0.1) is 27.3 Å². The van der Waals surface area contributed by atoms with Gasteiger partial charge in [0.05, 0.1) is 23.2 Å².